The average molecular weight is 425 g/mol. The van der Waals surface area contributed by atoms with E-state index in [1.165, 1.54) is 12.3 Å². The van der Waals surface area contributed by atoms with Gasteiger partial charge in [0, 0.05) is 10.0 Å². The van der Waals surface area contributed by atoms with Crippen LogP contribution in [-0.4, -0.2) is 22.3 Å². The van der Waals surface area contributed by atoms with Crippen molar-refractivity contribution < 1.29 is 15.0 Å². The molecule has 0 atom stereocenters. The highest BCUT2D eigenvalue weighted by atomic mass is 79.9. The number of hydrogen-bond donors (Lipinski definition) is 3. The van der Waals surface area contributed by atoms with Gasteiger partial charge in [-0.15, -0.1) is 0 Å². The molecular weight excluding hydrogens is 408 g/mol. The number of phenols is 1. The zero-order valence-corrected chi connectivity index (χ0v) is 15.8. The van der Waals surface area contributed by atoms with E-state index >= 15 is 0 Å². The van der Waals surface area contributed by atoms with Crippen LogP contribution in [0.15, 0.2) is 88.4 Å². The van der Waals surface area contributed by atoms with Gasteiger partial charge in [0.15, 0.2) is 5.60 Å². The minimum Gasteiger partial charge on any atom is -0.507 e. The van der Waals surface area contributed by atoms with Crippen LogP contribution in [0.4, 0.5) is 0 Å². The Hall–Kier alpha value is -2.96. The third-order valence-corrected chi connectivity index (χ3v) is 4.56. The van der Waals surface area contributed by atoms with E-state index in [9.17, 15) is 15.0 Å². The summed E-state index contributed by atoms with van der Waals surface area (Å²) in [6.45, 7) is 0. The predicted molar refractivity (Wildman–Crippen MR) is 107 cm³/mol. The molecule has 3 rings (SSSR count). The number of hydrogen-bond acceptors (Lipinski definition) is 4. The Morgan fingerprint density at radius 2 is 1.52 bits per heavy atom. The number of nitrogens with zero attached hydrogens (tertiary/aromatic N) is 1. The fraction of sp³-hybridized carbons (Fsp3) is 0.0476. The molecule has 0 spiro atoms. The second-order valence-corrected chi connectivity index (χ2v) is 6.76. The lowest BCUT2D eigenvalue weighted by atomic mass is 9.85. The first-order chi connectivity index (χ1) is 13.0. The number of phenolic OH excluding ortho intramolecular Hbond substituents is 1. The molecule has 0 fully saturated rings. The van der Waals surface area contributed by atoms with Crippen LogP contribution in [-0.2, 0) is 10.4 Å². The molecule has 1 amide bonds. The minimum absolute atomic E-state index is 0.0255. The van der Waals surface area contributed by atoms with Crippen molar-refractivity contribution in [3.05, 3.63) is 100 Å². The second-order valence-electron chi connectivity index (χ2n) is 5.84. The van der Waals surface area contributed by atoms with Crippen LogP contribution in [0.5, 0.6) is 5.75 Å². The van der Waals surface area contributed by atoms with Crippen molar-refractivity contribution in [3.8, 4) is 5.75 Å². The molecule has 5 nitrogen and oxygen atoms in total. The lowest BCUT2D eigenvalue weighted by Crippen LogP contribution is -2.43. The highest BCUT2D eigenvalue weighted by molar-refractivity contribution is 9.10. The molecule has 0 radical (unpaired) electrons. The van der Waals surface area contributed by atoms with Crippen molar-refractivity contribution in [2.24, 2.45) is 5.10 Å². The van der Waals surface area contributed by atoms with E-state index in [4.69, 9.17) is 0 Å². The summed E-state index contributed by atoms with van der Waals surface area (Å²) in [6, 6.07) is 22.2. The summed E-state index contributed by atoms with van der Waals surface area (Å²) in [5, 5.41) is 25.0. The minimum atomic E-state index is -1.90. The molecular formula is C21H17BrN2O3. The van der Waals surface area contributed by atoms with Gasteiger partial charge >= 0.3 is 0 Å². The topological polar surface area (TPSA) is 81.9 Å². The van der Waals surface area contributed by atoms with Crippen LogP contribution < -0.4 is 5.43 Å². The Balaban J connectivity index is 1.90. The van der Waals surface area contributed by atoms with Crippen LogP contribution in [0.3, 0.4) is 0 Å². The highest BCUT2D eigenvalue weighted by Gasteiger charge is 2.39. The molecule has 0 heterocycles. The normalized spacial score (nSPS) is 11.5. The van der Waals surface area contributed by atoms with Gasteiger partial charge < -0.3 is 10.2 Å². The number of benzene rings is 3. The monoisotopic (exact) mass is 424 g/mol. The molecule has 0 aromatic heterocycles. The third kappa shape index (κ3) is 4.07. The number of hydrazone groups is 1. The molecule has 27 heavy (non-hydrogen) atoms. The summed E-state index contributed by atoms with van der Waals surface area (Å²) < 4.78 is 0.762. The first kappa shape index (κ1) is 18.8. The van der Waals surface area contributed by atoms with Gasteiger partial charge in [0.25, 0.3) is 5.91 Å². The number of amides is 1. The van der Waals surface area contributed by atoms with E-state index in [0.717, 1.165) is 4.47 Å². The summed E-state index contributed by atoms with van der Waals surface area (Å²) in [7, 11) is 0. The molecule has 0 saturated carbocycles. The Morgan fingerprint density at radius 1 is 0.963 bits per heavy atom. The second kappa shape index (κ2) is 8.16. The number of carbonyl (C=O) groups is 1. The maximum atomic E-state index is 12.9. The third-order valence-electron chi connectivity index (χ3n) is 4.07. The Labute approximate surface area is 165 Å². The molecule has 0 aliphatic heterocycles. The predicted octanol–water partition coefficient (Wildman–Crippen LogP) is 3.54. The van der Waals surface area contributed by atoms with Gasteiger partial charge in [0.05, 0.1) is 6.21 Å². The zero-order chi connectivity index (χ0) is 19.3. The van der Waals surface area contributed by atoms with E-state index in [1.54, 1.807) is 72.8 Å². The molecule has 3 aromatic rings. The number of aromatic hydroxyl groups is 1. The van der Waals surface area contributed by atoms with Gasteiger partial charge in [-0.05, 0) is 29.3 Å². The summed E-state index contributed by atoms with van der Waals surface area (Å²) in [6.07, 6.45) is 1.31. The molecule has 0 unspecified atom stereocenters. The van der Waals surface area contributed by atoms with E-state index in [0.29, 0.717) is 16.7 Å². The van der Waals surface area contributed by atoms with Crippen LogP contribution >= 0.6 is 15.9 Å². The molecule has 0 bridgehead atoms. The fourth-order valence-corrected chi connectivity index (χ4v) is 3.04. The number of rotatable bonds is 5. The van der Waals surface area contributed by atoms with E-state index < -0.39 is 11.5 Å². The summed E-state index contributed by atoms with van der Waals surface area (Å²) in [5.74, 6) is -0.678. The molecule has 3 aromatic carbocycles. The van der Waals surface area contributed by atoms with Crippen molar-refractivity contribution in [1.29, 1.82) is 0 Å². The smallest absolute Gasteiger partial charge is 0.281 e. The van der Waals surface area contributed by atoms with Crippen molar-refractivity contribution in [2.45, 2.75) is 5.60 Å². The van der Waals surface area contributed by atoms with E-state index in [1.807, 2.05) is 0 Å². The van der Waals surface area contributed by atoms with E-state index in [-0.39, 0.29) is 5.75 Å². The van der Waals surface area contributed by atoms with Crippen LogP contribution in [0.1, 0.15) is 16.7 Å². The van der Waals surface area contributed by atoms with Gasteiger partial charge in [-0.2, -0.15) is 5.10 Å². The van der Waals surface area contributed by atoms with Crippen molar-refractivity contribution in [1.82, 2.24) is 5.43 Å². The number of aliphatic hydroxyl groups is 1. The number of carbonyl (C=O) groups excluding carboxylic acids is 1. The maximum Gasteiger partial charge on any atom is 0.281 e. The molecule has 6 heteroatoms. The molecule has 0 aliphatic rings. The molecule has 0 aliphatic carbocycles. The largest absolute Gasteiger partial charge is 0.507 e. The zero-order valence-electron chi connectivity index (χ0n) is 14.2. The maximum absolute atomic E-state index is 12.9. The standard InChI is InChI=1S/C21H17BrN2O3/c22-18-11-12-19(25)15(13-18)14-23-24-20(26)21(27,16-7-3-1-4-8-16)17-9-5-2-6-10-17/h1-14,25,27H,(H,24,26)/b23-14-. The quantitative estimate of drug-likeness (QED) is 0.432. The van der Waals surface area contributed by atoms with E-state index in [2.05, 4.69) is 26.5 Å². The van der Waals surface area contributed by atoms with Crippen LogP contribution in [0, 0.1) is 0 Å². The summed E-state index contributed by atoms with van der Waals surface area (Å²) in [4.78, 5) is 12.9. The fourth-order valence-electron chi connectivity index (χ4n) is 2.66. The Kier molecular flexibility index (Phi) is 5.69. The van der Waals surface area contributed by atoms with Crippen molar-refractivity contribution in [2.75, 3.05) is 0 Å². The summed E-state index contributed by atoms with van der Waals surface area (Å²) in [5.41, 5.74) is 1.74. The first-order valence-corrected chi connectivity index (χ1v) is 8.96. The van der Waals surface area contributed by atoms with Gasteiger partial charge in [-0.1, -0.05) is 76.6 Å². The van der Waals surface area contributed by atoms with Crippen LogP contribution in [0.2, 0.25) is 0 Å². The average Bonchev–Trinajstić information content (AvgIpc) is 2.71. The van der Waals surface area contributed by atoms with Gasteiger partial charge in [-0.3, -0.25) is 4.79 Å². The molecule has 0 saturated heterocycles. The Bertz CT molecular complexity index is 920. The lowest BCUT2D eigenvalue weighted by Gasteiger charge is -2.27. The van der Waals surface area contributed by atoms with Gasteiger partial charge in [0.2, 0.25) is 0 Å². The SMILES string of the molecule is O=C(N/N=C\c1cc(Br)ccc1O)C(O)(c1ccccc1)c1ccccc1. The van der Waals surface area contributed by atoms with Gasteiger partial charge in [-0.25, -0.2) is 5.43 Å². The molecule has 136 valence electrons. The Morgan fingerprint density at radius 3 is 2.07 bits per heavy atom. The van der Waals surface area contributed by atoms with Crippen molar-refractivity contribution >= 4 is 28.1 Å². The van der Waals surface area contributed by atoms with Crippen molar-refractivity contribution in [3.63, 3.8) is 0 Å². The first-order valence-electron chi connectivity index (χ1n) is 8.17. The number of halogens is 1. The van der Waals surface area contributed by atoms with Gasteiger partial charge in [0.1, 0.15) is 5.75 Å². The highest BCUT2D eigenvalue weighted by Crippen LogP contribution is 2.29. The molecule has 3 N–H and O–H groups in total. The summed E-state index contributed by atoms with van der Waals surface area (Å²) >= 11 is 3.31. The lowest BCUT2D eigenvalue weighted by molar-refractivity contribution is -0.136. The van der Waals surface area contributed by atoms with Crippen LogP contribution in [0.25, 0.3) is 0 Å². The number of nitrogens with one attached hydrogen (secondary N) is 1.